The summed E-state index contributed by atoms with van der Waals surface area (Å²) in [6.07, 6.45) is -0.878. The van der Waals surface area contributed by atoms with Crippen LogP contribution in [0, 0.1) is 0 Å². The van der Waals surface area contributed by atoms with Crippen molar-refractivity contribution in [1.29, 1.82) is 0 Å². The fraction of sp³-hybridized carbons (Fsp3) is 0.136. The average Bonchev–Trinajstić information content (AvgIpc) is 2.78. The molecule has 3 rings (SSSR count). The van der Waals surface area contributed by atoms with Crippen LogP contribution in [0.4, 0.5) is 5.69 Å². The zero-order valence-electron chi connectivity index (χ0n) is 16.6. The molecule has 1 unspecified atom stereocenters. The van der Waals surface area contributed by atoms with Gasteiger partial charge in [-0.2, -0.15) is 0 Å². The summed E-state index contributed by atoms with van der Waals surface area (Å²) in [5.74, 6) is 0.181. The van der Waals surface area contributed by atoms with Crippen LogP contribution in [0.3, 0.4) is 0 Å². The van der Waals surface area contributed by atoms with E-state index in [0.29, 0.717) is 17.0 Å². The van der Waals surface area contributed by atoms with Crippen LogP contribution in [-0.2, 0) is 19.7 Å². The molecule has 0 aromatic heterocycles. The minimum Gasteiger partial charge on any atom is -0.476 e. The number of hydrogen-bond donors (Lipinski definition) is 1. The Labute approximate surface area is 175 Å². The molecule has 0 saturated heterocycles. The van der Waals surface area contributed by atoms with E-state index in [9.17, 15) is 13.2 Å². The number of nitrogens with one attached hydrogen (secondary N) is 1. The quantitative estimate of drug-likeness (QED) is 0.556. The van der Waals surface area contributed by atoms with E-state index in [4.69, 9.17) is 9.57 Å². The Hall–Kier alpha value is -3.20. The zero-order valence-corrected chi connectivity index (χ0v) is 17.4. The second kappa shape index (κ2) is 9.53. The highest BCUT2D eigenvalue weighted by Crippen LogP contribution is 2.24. The summed E-state index contributed by atoms with van der Waals surface area (Å²) in [5.41, 5.74) is 1.14. The number of hydroxylamine groups is 1. The van der Waals surface area contributed by atoms with E-state index in [1.54, 1.807) is 12.1 Å². The lowest BCUT2D eigenvalue weighted by atomic mass is 10.1. The monoisotopic (exact) mass is 426 g/mol. The smallest absolute Gasteiger partial charge is 0.270 e. The van der Waals surface area contributed by atoms with Crippen molar-refractivity contribution in [2.24, 2.45) is 0 Å². The molecule has 0 radical (unpaired) electrons. The Morgan fingerprint density at radius 2 is 1.47 bits per heavy atom. The molecule has 0 bridgehead atoms. The minimum atomic E-state index is -3.76. The molecule has 0 aliphatic carbocycles. The van der Waals surface area contributed by atoms with Crippen molar-refractivity contribution < 1.29 is 22.8 Å². The first kappa shape index (κ1) is 21.5. The molecule has 3 aromatic carbocycles. The van der Waals surface area contributed by atoms with Crippen LogP contribution in [0.25, 0.3) is 0 Å². The molecule has 0 saturated carbocycles. The number of amides is 1. The number of sulfonamides is 1. The van der Waals surface area contributed by atoms with Crippen LogP contribution >= 0.6 is 0 Å². The lowest BCUT2D eigenvalue weighted by Crippen LogP contribution is -2.26. The fourth-order valence-corrected chi connectivity index (χ4v) is 3.67. The van der Waals surface area contributed by atoms with Gasteiger partial charge in [-0.25, -0.2) is 8.42 Å². The van der Waals surface area contributed by atoms with Gasteiger partial charge in [0.25, 0.3) is 15.9 Å². The van der Waals surface area contributed by atoms with Crippen molar-refractivity contribution in [3.63, 3.8) is 0 Å². The number of carbonyl (C=O) groups excluding carboxylic acids is 1. The number of ether oxygens (including phenoxy) is 1. The van der Waals surface area contributed by atoms with Crippen LogP contribution in [0.5, 0.6) is 5.75 Å². The van der Waals surface area contributed by atoms with Gasteiger partial charge in [-0.15, -0.1) is 0 Å². The van der Waals surface area contributed by atoms with Crippen molar-refractivity contribution in [2.75, 3.05) is 19.5 Å². The number of anilines is 1. The number of carbonyl (C=O) groups is 1. The Bertz CT molecular complexity index is 1070. The molecule has 0 aliphatic rings. The predicted octanol–water partition coefficient (Wildman–Crippen LogP) is 3.63. The maximum atomic E-state index is 13.0. The van der Waals surface area contributed by atoms with Crippen molar-refractivity contribution in [1.82, 2.24) is 4.47 Å². The maximum Gasteiger partial charge on any atom is 0.270 e. The molecule has 0 fully saturated rings. The van der Waals surface area contributed by atoms with Crippen molar-refractivity contribution >= 4 is 21.6 Å². The molecule has 0 aliphatic heterocycles. The van der Waals surface area contributed by atoms with E-state index < -0.39 is 16.1 Å². The number of nitrogens with zero attached hydrogens (tertiary/aromatic N) is 1. The third-order valence-corrected chi connectivity index (χ3v) is 6.05. The second-order valence-electron chi connectivity index (χ2n) is 6.33. The molecule has 7 nitrogen and oxygen atoms in total. The summed E-state index contributed by atoms with van der Waals surface area (Å²) in [4.78, 5) is 17.8. The number of rotatable bonds is 8. The topological polar surface area (TPSA) is 84.9 Å². The van der Waals surface area contributed by atoms with Crippen molar-refractivity contribution in [3.8, 4) is 5.75 Å². The highest BCUT2D eigenvalue weighted by Gasteiger charge is 2.24. The molecular formula is C22H22N2O5S. The van der Waals surface area contributed by atoms with Gasteiger partial charge in [0.2, 0.25) is 6.10 Å². The fourth-order valence-electron chi connectivity index (χ4n) is 2.70. The second-order valence-corrected chi connectivity index (χ2v) is 8.27. The van der Waals surface area contributed by atoms with Crippen LogP contribution in [0.15, 0.2) is 89.8 Å². The van der Waals surface area contributed by atoms with Gasteiger partial charge in [0.05, 0.1) is 12.0 Å². The molecule has 1 amide bonds. The number of benzene rings is 3. The number of para-hydroxylation sites is 1. The Morgan fingerprint density at radius 1 is 0.900 bits per heavy atom. The summed E-state index contributed by atoms with van der Waals surface area (Å²) < 4.78 is 31.3. The Morgan fingerprint density at radius 3 is 2.03 bits per heavy atom. The average molecular weight is 426 g/mol. The third kappa shape index (κ3) is 5.04. The first-order chi connectivity index (χ1) is 14.4. The van der Waals surface area contributed by atoms with Crippen LogP contribution in [0.1, 0.15) is 11.7 Å². The predicted molar refractivity (Wildman–Crippen MR) is 113 cm³/mol. The van der Waals surface area contributed by atoms with Gasteiger partial charge in [0.1, 0.15) is 5.75 Å². The summed E-state index contributed by atoms with van der Waals surface area (Å²) in [6.45, 7) is 0. The number of hydrogen-bond acceptors (Lipinski definition) is 5. The molecule has 3 aromatic rings. The van der Waals surface area contributed by atoms with E-state index in [2.05, 4.69) is 5.32 Å². The third-order valence-electron chi connectivity index (χ3n) is 4.35. The van der Waals surface area contributed by atoms with Gasteiger partial charge in [0, 0.05) is 18.3 Å². The summed E-state index contributed by atoms with van der Waals surface area (Å²) >= 11 is 0. The molecule has 156 valence electrons. The van der Waals surface area contributed by atoms with Gasteiger partial charge < -0.3 is 10.1 Å². The van der Waals surface area contributed by atoms with Crippen molar-refractivity contribution in [3.05, 3.63) is 90.5 Å². The summed E-state index contributed by atoms with van der Waals surface area (Å²) in [6, 6.07) is 24.0. The van der Waals surface area contributed by atoms with E-state index >= 15 is 0 Å². The van der Waals surface area contributed by atoms with Gasteiger partial charge in [-0.1, -0.05) is 53.0 Å². The van der Waals surface area contributed by atoms with Gasteiger partial charge in [-0.3, -0.25) is 9.63 Å². The molecule has 0 spiro atoms. The Balaban J connectivity index is 1.80. The van der Waals surface area contributed by atoms with E-state index in [1.165, 1.54) is 38.4 Å². The molecule has 1 N–H and O–H groups in total. The van der Waals surface area contributed by atoms with Crippen LogP contribution < -0.4 is 10.1 Å². The van der Waals surface area contributed by atoms with Gasteiger partial charge >= 0.3 is 0 Å². The van der Waals surface area contributed by atoms with Crippen molar-refractivity contribution in [2.45, 2.75) is 11.0 Å². The molecule has 0 heterocycles. The highest BCUT2D eigenvalue weighted by atomic mass is 32.2. The minimum absolute atomic E-state index is 0.0463. The van der Waals surface area contributed by atoms with Gasteiger partial charge in [0.15, 0.2) is 0 Å². The zero-order chi connectivity index (χ0) is 21.6. The molecule has 30 heavy (non-hydrogen) atoms. The van der Waals surface area contributed by atoms with E-state index in [0.717, 1.165) is 4.47 Å². The standard InChI is InChI=1S/C22H22N2O5S/c1-24(28-2)30(26,27)20-15-13-18(14-16-20)23-22(25)21(17-9-5-3-6-10-17)29-19-11-7-4-8-12-19/h3-16,21H,1-2H3,(H,23,25). The van der Waals surface area contributed by atoms with Crippen LogP contribution in [-0.4, -0.2) is 33.0 Å². The maximum absolute atomic E-state index is 13.0. The largest absolute Gasteiger partial charge is 0.476 e. The summed E-state index contributed by atoms with van der Waals surface area (Å²) in [5, 5.41) is 2.78. The first-order valence-corrected chi connectivity index (χ1v) is 10.6. The molecule has 8 heteroatoms. The van der Waals surface area contributed by atoms with E-state index in [1.807, 2.05) is 48.5 Å². The molecular weight excluding hydrogens is 404 g/mol. The molecule has 1 atom stereocenters. The normalized spacial score (nSPS) is 12.4. The lowest BCUT2D eigenvalue weighted by molar-refractivity contribution is -0.123. The first-order valence-electron chi connectivity index (χ1n) is 9.12. The lowest BCUT2D eigenvalue weighted by Gasteiger charge is -2.19. The van der Waals surface area contributed by atoms with E-state index in [-0.39, 0.29) is 10.8 Å². The summed E-state index contributed by atoms with van der Waals surface area (Å²) in [7, 11) is -1.19. The SMILES string of the molecule is CON(C)S(=O)(=O)c1ccc(NC(=O)C(Oc2ccccc2)c2ccccc2)cc1. The highest BCUT2D eigenvalue weighted by molar-refractivity contribution is 7.89. The Kier molecular flexibility index (Phi) is 6.83. The van der Waals surface area contributed by atoms with Gasteiger partial charge in [-0.05, 0) is 36.4 Å². The van der Waals surface area contributed by atoms with Crippen LogP contribution in [0.2, 0.25) is 0 Å².